The smallest absolute Gasteiger partial charge is 0.421 e. The minimum atomic E-state index is -4.81. The first-order valence-corrected chi connectivity index (χ1v) is 7.68. The van der Waals surface area contributed by atoms with Gasteiger partial charge in [0.15, 0.2) is 11.8 Å². The Morgan fingerprint density at radius 2 is 1.78 bits per heavy atom. The largest absolute Gasteiger partial charge is 0.479 e. The van der Waals surface area contributed by atoms with Crippen LogP contribution in [0.1, 0.15) is 48.2 Å². The van der Waals surface area contributed by atoms with E-state index in [-0.39, 0.29) is 33.5 Å². The number of aromatic carboxylic acids is 1. The molecule has 5 N–H and O–H groups in total. The number of unbranched alkanes of at least 4 members (excludes halogenated alkanes) is 3. The molecule has 8 nitrogen and oxygen atoms in total. The Labute approximate surface area is 166 Å². The van der Waals surface area contributed by atoms with Gasteiger partial charge in [-0.1, -0.05) is 19.3 Å². The fraction of sp³-hybridized carbons (Fsp3) is 0.533. The van der Waals surface area contributed by atoms with Crippen molar-refractivity contribution in [3.63, 3.8) is 0 Å². The zero-order chi connectivity index (χ0) is 19.9. The molecule has 0 spiro atoms. The van der Waals surface area contributed by atoms with Crippen LogP contribution in [0.25, 0.3) is 0 Å². The van der Waals surface area contributed by atoms with E-state index in [1.165, 1.54) is 0 Å². The molecule has 0 amide bonds. The molecule has 0 aliphatic heterocycles. The second-order valence-electron chi connectivity index (χ2n) is 5.49. The summed E-state index contributed by atoms with van der Waals surface area (Å²) < 4.78 is 43.9. The molecule has 0 aliphatic rings. The summed E-state index contributed by atoms with van der Waals surface area (Å²) in [6.07, 6.45) is -4.31. The maximum Gasteiger partial charge on any atom is 0.421 e. The van der Waals surface area contributed by atoms with Crippen LogP contribution in [0.15, 0.2) is 6.07 Å². The Hall–Kier alpha value is -1.90. The number of nitrogen functional groups attached to an aromatic ring is 1. The van der Waals surface area contributed by atoms with E-state index in [0.29, 0.717) is 31.7 Å². The third kappa shape index (κ3) is 8.11. The van der Waals surface area contributed by atoms with Crippen LogP contribution >= 0.6 is 0 Å². The van der Waals surface area contributed by atoms with Gasteiger partial charge in [0.2, 0.25) is 5.88 Å². The fourth-order valence-electron chi connectivity index (χ4n) is 2.08. The number of rotatable bonds is 10. The molecular formula is C15H19F3N2O6Re. The molecule has 1 radical (unpaired) electrons. The summed E-state index contributed by atoms with van der Waals surface area (Å²) in [6, 6.07) is 0.471. The number of aliphatic carboxylic acids is 1. The van der Waals surface area contributed by atoms with Crippen molar-refractivity contribution >= 4 is 17.6 Å². The number of ether oxygens (including phenoxy) is 1. The molecular weight excluding hydrogens is 547 g/mol. The van der Waals surface area contributed by atoms with E-state index in [1.807, 2.05) is 0 Å². The van der Waals surface area contributed by atoms with Gasteiger partial charge in [0.05, 0.1) is 12.3 Å². The Balaban J connectivity index is 0.00000676. The standard InChI is InChI=1S/C15H19F3N2O6.Re/c16-15(17,18)8-7-9(19)11(14(24)25)20-12(8)26-6-4-2-1-3-5-10(21)13(22)23;/h7,10,21H,1-6,19H2,(H,22,23)(H,24,25);. The fourth-order valence-corrected chi connectivity index (χ4v) is 2.08. The number of anilines is 1. The van der Waals surface area contributed by atoms with Crippen LogP contribution in [0.4, 0.5) is 18.9 Å². The Morgan fingerprint density at radius 1 is 1.19 bits per heavy atom. The van der Waals surface area contributed by atoms with E-state index < -0.39 is 47.0 Å². The third-order valence-corrected chi connectivity index (χ3v) is 3.42. The molecule has 12 heteroatoms. The number of hydrogen-bond acceptors (Lipinski definition) is 6. The summed E-state index contributed by atoms with van der Waals surface area (Å²) in [4.78, 5) is 24.7. The predicted molar refractivity (Wildman–Crippen MR) is 82.8 cm³/mol. The van der Waals surface area contributed by atoms with Gasteiger partial charge in [-0.3, -0.25) is 0 Å². The number of pyridine rings is 1. The van der Waals surface area contributed by atoms with Crippen molar-refractivity contribution in [1.82, 2.24) is 4.98 Å². The number of carboxylic acid groups (broad SMARTS) is 2. The van der Waals surface area contributed by atoms with Gasteiger partial charge in [-0.15, -0.1) is 0 Å². The SMILES string of the molecule is Nc1cc(C(F)(F)F)c(OCCCCCCC(O)C(=O)O)nc1C(=O)O.[Re]. The monoisotopic (exact) mass is 567 g/mol. The Morgan fingerprint density at radius 3 is 2.30 bits per heavy atom. The van der Waals surface area contributed by atoms with Gasteiger partial charge in [0, 0.05) is 20.4 Å². The van der Waals surface area contributed by atoms with Crippen LogP contribution in [0.2, 0.25) is 0 Å². The number of alkyl halides is 3. The first kappa shape index (κ1) is 25.1. The first-order valence-electron chi connectivity index (χ1n) is 7.68. The second kappa shape index (κ2) is 11.1. The van der Waals surface area contributed by atoms with Gasteiger partial charge < -0.3 is 25.8 Å². The molecule has 0 fully saturated rings. The minimum Gasteiger partial charge on any atom is -0.479 e. The van der Waals surface area contributed by atoms with Gasteiger partial charge >= 0.3 is 18.1 Å². The normalized spacial score (nSPS) is 12.1. The van der Waals surface area contributed by atoms with E-state index in [9.17, 15) is 22.8 Å². The molecule has 153 valence electrons. The zero-order valence-electron chi connectivity index (χ0n) is 14.0. The van der Waals surface area contributed by atoms with Crippen molar-refractivity contribution in [1.29, 1.82) is 0 Å². The number of carboxylic acids is 2. The minimum absolute atomic E-state index is 0. The molecule has 1 rings (SSSR count). The number of nitrogens with zero attached hydrogens (tertiary/aromatic N) is 1. The zero-order valence-corrected chi connectivity index (χ0v) is 16.7. The quantitative estimate of drug-likeness (QED) is 0.316. The molecule has 0 bridgehead atoms. The van der Waals surface area contributed by atoms with Crippen molar-refractivity contribution in [2.45, 2.75) is 44.4 Å². The second-order valence-corrected chi connectivity index (χ2v) is 5.49. The predicted octanol–water partition coefficient (Wildman–Crippen LogP) is 2.15. The van der Waals surface area contributed by atoms with Crippen LogP contribution in [0.3, 0.4) is 0 Å². The average Bonchev–Trinajstić information content (AvgIpc) is 2.53. The summed E-state index contributed by atoms with van der Waals surface area (Å²) in [5.41, 5.74) is 2.68. The van der Waals surface area contributed by atoms with Crippen LogP contribution in [-0.2, 0) is 31.4 Å². The van der Waals surface area contributed by atoms with Crippen molar-refractivity contribution < 1.29 is 63.2 Å². The molecule has 0 aliphatic carbocycles. The van der Waals surface area contributed by atoms with Gasteiger partial charge in [-0.25, -0.2) is 14.6 Å². The molecule has 0 saturated carbocycles. The number of aromatic nitrogens is 1. The first-order chi connectivity index (χ1) is 12.0. The molecule has 1 aromatic heterocycles. The van der Waals surface area contributed by atoms with Crippen molar-refractivity contribution in [2.75, 3.05) is 12.3 Å². The van der Waals surface area contributed by atoms with E-state index >= 15 is 0 Å². The number of nitrogens with two attached hydrogens (primary N) is 1. The number of aliphatic hydroxyl groups is 1. The van der Waals surface area contributed by atoms with E-state index in [4.69, 9.17) is 25.8 Å². The summed E-state index contributed by atoms with van der Waals surface area (Å²) in [6.45, 7) is -0.138. The van der Waals surface area contributed by atoms with Crippen LogP contribution < -0.4 is 10.5 Å². The van der Waals surface area contributed by atoms with Gasteiger partial charge in [-0.2, -0.15) is 13.2 Å². The van der Waals surface area contributed by atoms with E-state index in [2.05, 4.69) is 4.98 Å². The number of aliphatic hydroxyl groups excluding tert-OH is 1. The number of hydrogen-bond donors (Lipinski definition) is 4. The third-order valence-electron chi connectivity index (χ3n) is 3.42. The van der Waals surface area contributed by atoms with Crippen LogP contribution in [0.5, 0.6) is 5.88 Å². The molecule has 1 unspecified atom stereocenters. The summed E-state index contributed by atoms with van der Waals surface area (Å²) in [7, 11) is 0. The van der Waals surface area contributed by atoms with Gasteiger partial charge in [-0.05, 0) is 18.9 Å². The van der Waals surface area contributed by atoms with Crippen LogP contribution in [0, 0.1) is 0 Å². The van der Waals surface area contributed by atoms with Gasteiger partial charge in [0.25, 0.3) is 0 Å². The molecule has 1 aromatic rings. The molecule has 0 saturated heterocycles. The molecule has 0 aromatic carbocycles. The van der Waals surface area contributed by atoms with Gasteiger partial charge in [0.1, 0.15) is 5.56 Å². The molecule has 1 heterocycles. The van der Waals surface area contributed by atoms with Crippen molar-refractivity contribution in [3.8, 4) is 5.88 Å². The topological polar surface area (TPSA) is 143 Å². The average molecular weight is 567 g/mol. The van der Waals surface area contributed by atoms with E-state index in [0.717, 1.165) is 0 Å². The molecule has 1 atom stereocenters. The van der Waals surface area contributed by atoms with Crippen molar-refractivity contribution in [3.05, 3.63) is 17.3 Å². The molecule has 27 heavy (non-hydrogen) atoms. The summed E-state index contributed by atoms with van der Waals surface area (Å²) in [5.74, 6) is -3.74. The Bertz CT molecular complexity index is 657. The Kier molecular flexibility index (Phi) is 10.3. The maximum absolute atomic E-state index is 13.0. The number of carbonyl (C=O) groups is 2. The van der Waals surface area contributed by atoms with E-state index in [1.54, 1.807) is 0 Å². The summed E-state index contributed by atoms with van der Waals surface area (Å²) in [5, 5.41) is 26.5. The maximum atomic E-state index is 13.0. The number of halogens is 3. The van der Waals surface area contributed by atoms with Crippen LogP contribution in [-0.4, -0.2) is 45.0 Å². The summed E-state index contributed by atoms with van der Waals surface area (Å²) >= 11 is 0. The van der Waals surface area contributed by atoms with Crippen molar-refractivity contribution in [2.24, 2.45) is 0 Å².